The molecule has 5 N–H and O–H groups in total. The average Bonchev–Trinajstić information content (AvgIpc) is 2.40. The number of aliphatic hydroxyl groups is 1. The molecule has 0 atom stereocenters. The minimum atomic E-state index is 0.0967. The molecule has 0 bridgehead atoms. The van der Waals surface area contributed by atoms with Crippen LogP contribution in [0.1, 0.15) is 40.0 Å². The van der Waals surface area contributed by atoms with Crippen LogP contribution < -0.4 is 16.4 Å². The Balaban J connectivity index is 2.60. The topological polar surface area (TPSA) is 96.1 Å². The first-order chi connectivity index (χ1) is 9.46. The second-order valence-corrected chi connectivity index (χ2v) is 5.77. The van der Waals surface area contributed by atoms with E-state index in [4.69, 9.17) is 10.8 Å². The van der Waals surface area contributed by atoms with Crippen LogP contribution in [0, 0.1) is 5.41 Å². The van der Waals surface area contributed by atoms with E-state index < -0.39 is 0 Å². The van der Waals surface area contributed by atoms with E-state index in [1.807, 2.05) is 6.07 Å². The van der Waals surface area contributed by atoms with E-state index >= 15 is 0 Å². The van der Waals surface area contributed by atoms with Gasteiger partial charge in [0.05, 0.1) is 0 Å². The van der Waals surface area contributed by atoms with Gasteiger partial charge in [0.15, 0.2) is 0 Å². The molecule has 0 fully saturated rings. The quantitative estimate of drug-likeness (QED) is 0.553. The molecule has 114 valence electrons. The van der Waals surface area contributed by atoms with Crippen molar-refractivity contribution < 1.29 is 5.11 Å². The minimum absolute atomic E-state index is 0.0967. The van der Waals surface area contributed by atoms with Crippen LogP contribution >= 0.6 is 0 Å². The first kappa shape index (κ1) is 16.5. The van der Waals surface area contributed by atoms with Gasteiger partial charge in [-0.1, -0.05) is 20.8 Å². The summed E-state index contributed by atoms with van der Waals surface area (Å²) in [7, 11) is 0. The maximum absolute atomic E-state index is 8.90. The zero-order valence-electron chi connectivity index (χ0n) is 12.7. The Labute approximate surface area is 121 Å². The van der Waals surface area contributed by atoms with Crippen LogP contribution in [0.3, 0.4) is 0 Å². The molecule has 6 nitrogen and oxygen atoms in total. The molecule has 1 aromatic rings. The van der Waals surface area contributed by atoms with Crippen molar-refractivity contribution in [2.45, 2.75) is 40.0 Å². The third kappa shape index (κ3) is 6.06. The van der Waals surface area contributed by atoms with Gasteiger partial charge in [0.25, 0.3) is 0 Å². The van der Waals surface area contributed by atoms with Gasteiger partial charge in [0.2, 0.25) is 5.95 Å². The number of aliphatic hydroxyl groups excluding tert-OH is 1. The van der Waals surface area contributed by atoms with Crippen LogP contribution in [-0.2, 0) is 0 Å². The van der Waals surface area contributed by atoms with Crippen molar-refractivity contribution in [3.05, 3.63) is 6.07 Å². The zero-order valence-corrected chi connectivity index (χ0v) is 12.7. The molecule has 0 aliphatic rings. The van der Waals surface area contributed by atoms with Gasteiger partial charge in [0, 0.05) is 25.8 Å². The van der Waals surface area contributed by atoms with Crippen molar-refractivity contribution in [2.24, 2.45) is 5.41 Å². The lowest BCUT2D eigenvalue weighted by molar-refractivity contribution is 0.248. The molecule has 0 radical (unpaired) electrons. The van der Waals surface area contributed by atoms with E-state index in [-0.39, 0.29) is 18.0 Å². The maximum Gasteiger partial charge on any atom is 0.223 e. The second-order valence-electron chi connectivity index (χ2n) is 5.77. The number of hydrogen-bond acceptors (Lipinski definition) is 6. The molecular weight excluding hydrogens is 254 g/mol. The molecule has 0 aromatic carbocycles. The van der Waals surface area contributed by atoms with Gasteiger partial charge in [-0.25, -0.2) is 0 Å². The molecule has 0 spiro atoms. The monoisotopic (exact) mass is 281 g/mol. The summed E-state index contributed by atoms with van der Waals surface area (Å²) in [5.41, 5.74) is 5.81. The van der Waals surface area contributed by atoms with Crippen molar-refractivity contribution in [1.82, 2.24) is 9.97 Å². The summed E-state index contributed by atoms with van der Waals surface area (Å²) in [6.07, 6.45) is 2.79. The third-order valence-corrected chi connectivity index (χ3v) is 3.06. The summed E-state index contributed by atoms with van der Waals surface area (Å²) in [5, 5.41) is 15.4. The standard InChI is InChI=1S/C14H27N5O/c1-4-7-16-11-9-12(19-13(15)18-11)17-10-14(2,3)6-5-8-20/h9,20H,4-8,10H2,1-3H3,(H4,15,16,17,18,19). The fourth-order valence-electron chi connectivity index (χ4n) is 1.88. The first-order valence-corrected chi connectivity index (χ1v) is 7.20. The Morgan fingerprint density at radius 1 is 1.25 bits per heavy atom. The number of aromatic nitrogens is 2. The molecule has 0 saturated carbocycles. The van der Waals surface area contributed by atoms with Crippen LogP contribution in [0.25, 0.3) is 0 Å². The fraction of sp³-hybridized carbons (Fsp3) is 0.714. The number of nitrogens with one attached hydrogen (secondary N) is 2. The number of anilines is 3. The van der Waals surface area contributed by atoms with Crippen LogP contribution in [0.2, 0.25) is 0 Å². The summed E-state index contributed by atoms with van der Waals surface area (Å²) >= 11 is 0. The molecule has 0 saturated heterocycles. The van der Waals surface area contributed by atoms with Crippen molar-refractivity contribution in [2.75, 3.05) is 36.1 Å². The number of hydrogen-bond donors (Lipinski definition) is 4. The van der Waals surface area contributed by atoms with Crippen molar-refractivity contribution in [3.8, 4) is 0 Å². The Morgan fingerprint density at radius 3 is 2.50 bits per heavy atom. The van der Waals surface area contributed by atoms with E-state index in [2.05, 4.69) is 41.4 Å². The van der Waals surface area contributed by atoms with Gasteiger partial charge >= 0.3 is 0 Å². The summed E-state index contributed by atoms with van der Waals surface area (Å²) < 4.78 is 0. The summed E-state index contributed by atoms with van der Waals surface area (Å²) in [4.78, 5) is 8.34. The predicted molar refractivity (Wildman–Crippen MR) is 83.8 cm³/mol. The van der Waals surface area contributed by atoms with Crippen LogP contribution in [-0.4, -0.2) is 34.8 Å². The Bertz CT molecular complexity index is 409. The summed E-state index contributed by atoms with van der Waals surface area (Å²) in [6.45, 7) is 8.29. The van der Waals surface area contributed by atoms with E-state index in [0.717, 1.165) is 44.0 Å². The molecule has 1 aromatic heterocycles. The van der Waals surface area contributed by atoms with Gasteiger partial charge < -0.3 is 21.5 Å². The molecule has 1 heterocycles. The predicted octanol–water partition coefficient (Wildman–Crippen LogP) is 2.09. The SMILES string of the molecule is CCCNc1cc(NCC(C)(C)CCCO)nc(N)n1. The normalized spacial score (nSPS) is 11.4. The largest absolute Gasteiger partial charge is 0.396 e. The number of nitrogens with two attached hydrogens (primary N) is 1. The zero-order chi connectivity index (χ0) is 15.0. The number of nitrogens with zero attached hydrogens (tertiary/aromatic N) is 2. The second kappa shape index (κ2) is 7.89. The third-order valence-electron chi connectivity index (χ3n) is 3.06. The molecular formula is C14H27N5O. The lowest BCUT2D eigenvalue weighted by Gasteiger charge is -2.25. The van der Waals surface area contributed by atoms with E-state index in [0.29, 0.717) is 0 Å². The van der Waals surface area contributed by atoms with Crippen LogP contribution in [0.4, 0.5) is 17.6 Å². The van der Waals surface area contributed by atoms with Crippen LogP contribution in [0.15, 0.2) is 6.07 Å². The van der Waals surface area contributed by atoms with E-state index in [1.165, 1.54) is 0 Å². The molecule has 20 heavy (non-hydrogen) atoms. The van der Waals surface area contributed by atoms with Gasteiger partial charge in [-0.05, 0) is 24.7 Å². The highest BCUT2D eigenvalue weighted by molar-refractivity contribution is 5.51. The molecule has 0 unspecified atom stereocenters. The van der Waals surface area contributed by atoms with Crippen LogP contribution in [0.5, 0.6) is 0 Å². The minimum Gasteiger partial charge on any atom is -0.396 e. The number of nitrogen functional groups attached to an aromatic ring is 1. The molecule has 0 aliphatic carbocycles. The van der Waals surface area contributed by atoms with E-state index in [1.54, 1.807) is 0 Å². The maximum atomic E-state index is 8.90. The molecule has 6 heteroatoms. The highest BCUT2D eigenvalue weighted by atomic mass is 16.2. The fourth-order valence-corrected chi connectivity index (χ4v) is 1.88. The first-order valence-electron chi connectivity index (χ1n) is 7.20. The van der Waals surface area contributed by atoms with Gasteiger partial charge in [0.1, 0.15) is 11.6 Å². The lowest BCUT2D eigenvalue weighted by Crippen LogP contribution is -2.24. The molecule has 0 aliphatic heterocycles. The van der Waals surface area contributed by atoms with Crippen molar-refractivity contribution in [1.29, 1.82) is 0 Å². The molecule has 1 rings (SSSR count). The van der Waals surface area contributed by atoms with E-state index in [9.17, 15) is 0 Å². The van der Waals surface area contributed by atoms with Gasteiger partial charge in [-0.15, -0.1) is 0 Å². The van der Waals surface area contributed by atoms with Gasteiger partial charge in [-0.2, -0.15) is 9.97 Å². The summed E-state index contributed by atoms with van der Waals surface area (Å²) in [5.74, 6) is 1.74. The number of rotatable bonds is 9. The Morgan fingerprint density at radius 2 is 1.90 bits per heavy atom. The highest BCUT2D eigenvalue weighted by Gasteiger charge is 2.17. The Kier molecular flexibility index (Phi) is 6.51. The molecule has 0 amide bonds. The van der Waals surface area contributed by atoms with Gasteiger partial charge in [-0.3, -0.25) is 0 Å². The average molecular weight is 281 g/mol. The summed E-state index contributed by atoms with van der Waals surface area (Å²) in [6, 6.07) is 1.87. The smallest absolute Gasteiger partial charge is 0.223 e. The van der Waals surface area contributed by atoms with Crippen molar-refractivity contribution >= 4 is 17.6 Å². The Hall–Kier alpha value is -1.56. The van der Waals surface area contributed by atoms with Crippen molar-refractivity contribution in [3.63, 3.8) is 0 Å². The highest BCUT2D eigenvalue weighted by Crippen LogP contribution is 2.23. The lowest BCUT2D eigenvalue weighted by atomic mass is 9.88.